The van der Waals surface area contributed by atoms with Crippen LogP contribution in [0.5, 0.6) is 0 Å². The van der Waals surface area contributed by atoms with E-state index in [0.29, 0.717) is 0 Å². The van der Waals surface area contributed by atoms with Crippen molar-refractivity contribution in [3.63, 3.8) is 0 Å². The van der Waals surface area contributed by atoms with Crippen LogP contribution in [0.15, 0.2) is 558 Å². The molecule has 0 aromatic heterocycles. The molecule has 0 fully saturated rings. The summed E-state index contributed by atoms with van der Waals surface area (Å²) in [6, 6.07) is 199. The minimum atomic E-state index is 0. The van der Waals surface area contributed by atoms with E-state index in [4.69, 9.17) is 0 Å². The maximum atomic E-state index is 2.33. The molecule has 21 aromatic rings. The van der Waals surface area contributed by atoms with Crippen molar-refractivity contribution in [2.75, 3.05) is 0 Å². The molecule has 0 aliphatic heterocycles. The van der Waals surface area contributed by atoms with Gasteiger partial charge in [0.05, 0.1) is 0 Å². The standard InChI is InChI=1S/2C36H26.C30H22.C24H18.21FH/c1-5-13-27(14-6-1)31-21-32(28-15-7-2-8-16-28)24-35(23-31)36-25-33(29-17-9-3-10-18-29)22-34(26-36)30-19-11-4-12-20-30;1-4-10-27(11-5-1)30-16-20-32(21-17-30)35-25-24-34(29-14-8-3-9-15-29)26-36(35)33-22-18-31(19-23-33)28-12-6-2-7-13-28;1-4-10-23(11-5-1)25-16-18-27(19-17-25)29-21-20-28(24-12-6-2-7-13-24)22-30(29)26-14-8-3-9-15-26;1-4-10-19(11-5-1)22-16-17-23(20-12-6-2-7-13-20)24(18-22)21-14-8-3-9-15-21;;;;;;;;;;;;;;;;;;;;;/h2*1-26H;1-22H;1-18H;21*1H. The highest BCUT2D eigenvalue weighted by atomic mass is 19.0. The third-order valence-electron chi connectivity index (χ3n) is 23.2. The lowest BCUT2D eigenvalue weighted by Crippen LogP contribution is -1.89. The summed E-state index contributed by atoms with van der Waals surface area (Å²) in [6.45, 7) is 0. The van der Waals surface area contributed by atoms with E-state index < -0.39 is 0 Å². The van der Waals surface area contributed by atoms with Gasteiger partial charge in [0.15, 0.2) is 0 Å². The monoisotopic (exact) mass is 2020 g/mol. The fraction of sp³-hybridized carbons (Fsp3) is 0. The van der Waals surface area contributed by atoms with Crippen molar-refractivity contribution in [1.82, 2.24) is 0 Å². The van der Waals surface area contributed by atoms with Crippen LogP contribution in [0.25, 0.3) is 189 Å². The second-order valence-electron chi connectivity index (χ2n) is 31.4. The molecule has 21 heteroatoms. The minimum Gasteiger partial charge on any atom is -0.269 e. The lowest BCUT2D eigenvalue weighted by Gasteiger charge is -2.14. The largest absolute Gasteiger partial charge is 0.269 e. The molecule has 0 saturated heterocycles. The molecule has 0 amide bonds. The van der Waals surface area contributed by atoms with Gasteiger partial charge in [-0.05, 0) is 244 Å². The zero-order valence-corrected chi connectivity index (χ0v) is 78.7. The second kappa shape index (κ2) is 66.8. The molecular weight excluding hydrogens is 1910 g/mol. The summed E-state index contributed by atoms with van der Waals surface area (Å²) < 4.78 is 0. The van der Waals surface area contributed by atoms with Crippen LogP contribution in [0, 0.1) is 0 Å². The van der Waals surface area contributed by atoms with Crippen LogP contribution in [0.2, 0.25) is 0 Å². The Labute approximate surface area is 841 Å². The number of hydrogen-bond donors (Lipinski definition) is 0. The Morgan fingerprint density at radius 1 is 0.0544 bits per heavy atom. The molecule has 0 N–H and O–H groups in total. The summed E-state index contributed by atoms with van der Waals surface area (Å²) >= 11 is 0. The van der Waals surface area contributed by atoms with Gasteiger partial charge in [-0.15, -0.1) is 0 Å². The summed E-state index contributed by atoms with van der Waals surface area (Å²) in [7, 11) is 0. The third kappa shape index (κ3) is 33.4. The number of halogens is 21. The van der Waals surface area contributed by atoms with Gasteiger partial charge in [0.25, 0.3) is 0 Å². The molecule has 21 aromatic carbocycles. The van der Waals surface area contributed by atoms with E-state index in [2.05, 4.69) is 558 Å². The highest BCUT2D eigenvalue weighted by Crippen LogP contribution is 2.43. The van der Waals surface area contributed by atoms with Crippen molar-refractivity contribution in [3.05, 3.63) is 558 Å². The quantitative estimate of drug-likeness (QED) is 0.0797. The molecule has 21 rings (SSSR count). The van der Waals surface area contributed by atoms with Crippen molar-refractivity contribution in [3.8, 4) is 189 Å². The van der Waals surface area contributed by atoms with E-state index in [1.54, 1.807) is 0 Å². The Morgan fingerprint density at radius 2 is 0.143 bits per heavy atom. The molecule has 147 heavy (non-hydrogen) atoms. The molecule has 0 aliphatic rings. The zero-order chi connectivity index (χ0) is 84.7. The normalized spacial score (nSPS) is 9.17. The molecule has 0 radical (unpaired) electrons. The first-order chi connectivity index (χ1) is 62.5. The molecule has 0 unspecified atom stereocenters. The van der Waals surface area contributed by atoms with Gasteiger partial charge in [0.1, 0.15) is 0 Å². The smallest absolute Gasteiger partial charge is 0.00992 e. The summed E-state index contributed by atoms with van der Waals surface area (Å²) in [6.07, 6.45) is 0. The Kier molecular flexibility index (Phi) is 61.5. The van der Waals surface area contributed by atoms with Crippen molar-refractivity contribution in [1.29, 1.82) is 0 Å². The van der Waals surface area contributed by atoms with Gasteiger partial charge in [-0.2, -0.15) is 0 Å². The van der Waals surface area contributed by atoms with E-state index in [0.717, 1.165) is 0 Å². The van der Waals surface area contributed by atoms with E-state index in [1.165, 1.54) is 189 Å². The minimum absolute atomic E-state index is 0. The lowest BCUT2D eigenvalue weighted by atomic mass is 9.90. The van der Waals surface area contributed by atoms with E-state index in [1.807, 2.05) is 0 Å². The first kappa shape index (κ1) is 135. The number of rotatable bonds is 17. The van der Waals surface area contributed by atoms with Gasteiger partial charge in [-0.1, -0.05) is 504 Å². The Morgan fingerprint density at radius 3 is 0.299 bits per heavy atom. The van der Waals surface area contributed by atoms with Crippen LogP contribution in [0.4, 0.5) is 98.8 Å². The SMILES string of the molecule is F.F.F.F.F.F.F.F.F.F.F.F.F.F.F.F.F.F.F.F.F.c1ccc(-c2cc(-c3ccccc3)cc(-c3cc(-c4ccccc4)cc(-c4ccccc4)c3)c2)cc1.c1ccc(-c2ccc(-c3ccc(-c4ccccc4)cc3-c3ccc(-c4ccccc4)cc3)cc2)cc1.c1ccc(-c2ccc(-c3ccc(-c4ccccc4)cc3-c3ccccc3)cc2)cc1.c1ccc(-c2ccc(-c3ccccc3)c(-c3ccccc3)c2)cc1. The molecule has 0 bridgehead atoms. The van der Waals surface area contributed by atoms with Crippen molar-refractivity contribution < 1.29 is 98.8 Å². The summed E-state index contributed by atoms with van der Waals surface area (Å²) in [5.41, 5.74) is 41.9. The molecule has 0 nitrogen and oxygen atoms in total. The number of hydrogen-bond acceptors (Lipinski definition) is 0. The topological polar surface area (TPSA) is 0 Å². The van der Waals surface area contributed by atoms with Crippen molar-refractivity contribution >= 4 is 0 Å². The summed E-state index contributed by atoms with van der Waals surface area (Å²) in [4.78, 5) is 0. The highest BCUT2D eigenvalue weighted by Gasteiger charge is 2.17. The average molecular weight is 2030 g/mol. The first-order valence-corrected chi connectivity index (χ1v) is 43.2. The van der Waals surface area contributed by atoms with Gasteiger partial charge in [0.2, 0.25) is 0 Å². The summed E-state index contributed by atoms with van der Waals surface area (Å²) in [5, 5.41) is 0. The Hall–Kier alpha value is -17.9. The van der Waals surface area contributed by atoms with Gasteiger partial charge in [0, 0.05) is 0 Å². The van der Waals surface area contributed by atoms with Gasteiger partial charge < -0.3 is 0 Å². The maximum Gasteiger partial charge on any atom is -0.00992 e. The van der Waals surface area contributed by atoms with Crippen LogP contribution >= 0.6 is 0 Å². The fourth-order valence-corrected chi connectivity index (χ4v) is 16.6. The van der Waals surface area contributed by atoms with Gasteiger partial charge in [-0.25, -0.2) is 0 Å². The van der Waals surface area contributed by atoms with E-state index in [-0.39, 0.29) is 98.8 Å². The molecule has 0 saturated carbocycles. The molecule has 764 valence electrons. The fourth-order valence-electron chi connectivity index (χ4n) is 16.6. The van der Waals surface area contributed by atoms with Crippen LogP contribution in [0.1, 0.15) is 0 Å². The van der Waals surface area contributed by atoms with Crippen LogP contribution in [-0.2, 0) is 0 Å². The van der Waals surface area contributed by atoms with Crippen LogP contribution in [0.3, 0.4) is 0 Å². The van der Waals surface area contributed by atoms with E-state index in [9.17, 15) is 0 Å². The molecular formula is C126H113F21. The highest BCUT2D eigenvalue weighted by molar-refractivity contribution is 5.93. The van der Waals surface area contributed by atoms with E-state index >= 15 is 0 Å². The van der Waals surface area contributed by atoms with Gasteiger partial charge >= 0.3 is 0 Å². The van der Waals surface area contributed by atoms with Crippen molar-refractivity contribution in [2.24, 2.45) is 0 Å². The molecule has 0 heterocycles. The zero-order valence-electron chi connectivity index (χ0n) is 78.7. The number of benzene rings is 21. The predicted octanol–water partition coefficient (Wildman–Crippen LogP) is 38.3. The third-order valence-corrected chi connectivity index (χ3v) is 23.2. The van der Waals surface area contributed by atoms with Crippen LogP contribution in [-0.4, -0.2) is 0 Å². The Bertz CT molecular complexity index is 6870. The Balaban J connectivity index is -0.000000893. The lowest BCUT2D eigenvalue weighted by molar-refractivity contribution is 1.11. The maximum absolute atomic E-state index is 2.33. The predicted molar refractivity (Wildman–Crippen MR) is 591 cm³/mol. The molecule has 0 aliphatic carbocycles. The first-order valence-electron chi connectivity index (χ1n) is 43.2. The molecule has 0 spiro atoms. The van der Waals surface area contributed by atoms with Crippen molar-refractivity contribution in [2.45, 2.75) is 0 Å². The van der Waals surface area contributed by atoms with Gasteiger partial charge in [-0.3, -0.25) is 98.8 Å². The second-order valence-corrected chi connectivity index (χ2v) is 31.4. The van der Waals surface area contributed by atoms with Crippen LogP contribution < -0.4 is 0 Å². The molecule has 0 atom stereocenters. The summed E-state index contributed by atoms with van der Waals surface area (Å²) in [5.74, 6) is 0. The average Bonchev–Trinajstić information content (AvgIpc) is 0.790.